The van der Waals surface area contributed by atoms with E-state index in [4.69, 9.17) is 14.5 Å². The Hall–Kier alpha value is -0.890. The van der Waals surface area contributed by atoms with Gasteiger partial charge in [0.05, 0.1) is 19.8 Å². The number of aliphatic imine (C=N–C) groups is 1. The number of hydrogen-bond donors (Lipinski definition) is 2. The molecule has 0 aromatic carbocycles. The van der Waals surface area contributed by atoms with E-state index in [1.807, 2.05) is 0 Å². The van der Waals surface area contributed by atoms with Crippen LogP contribution in [0.15, 0.2) is 4.99 Å². The first-order chi connectivity index (χ1) is 12.1. The monoisotopic (exact) mass is 355 g/mol. The molecule has 25 heavy (non-hydrogen) atoms. The van der Waals surface area contributed by atoms with Crippen LogP contribution >= 0.6 is 0 Å². The van der Waals surface area contributed by atoms with Gasteiger partial charge < -0.3 is 25.0 Å². The maximum Gasteiger partial charge on any atom is 0.191 e. The van der Waals surface area contributed by atoms with Crippen molar-refractivity contribution in [1.82, 2.24) is 20.4 Å². The van der Waals surface area contributed by atoms with Crippen LogP contribution in [-0.4, -0.2) is 101 Å². The zero-order chi connectivity index (χ0) is 18.1. The number of morpholine rings is 1. The third kappa shape index (κ3) is 6.09. The Labute approximate surface area is 153 Å². The molecule has 0 saturated carbocycles. The Kier molecular flexibility index (Phi) is 8.42. The Bertz CT molecular complexity index is 404. The van der Waals surface area contributed by atoms with Gasteiger partial charge in [0.15, 0.2) is 5.96 Å². The second kappa shape index (κ2) is 10.3. The van der Waals surface area contributed by atoms with E-state index in [-0.39, 0.29) is 5.54 Å². The summed E-state index contributed by atoms with van der Waals surface area (Å²) in [5.41, 5.74) is 0.108. The van der Waals surface area contributed by atoms with Crippen molar-refractivity contribution in [1.29, 1.82) is 0 Å². The minimum atomic E-state index is 0.108. The molecule has 0 bridgehead atoms. The van der Waals surface area contributed by atoms with Gasteiger partial charge in [-0.25, -0.2) is 0 Å². The molecular weight excluding hydrogens is 318 g/mol. The first-order valence-electron chi connectivity index (χ1n) is 9.66. The van der Waals surface area contributed by atoms with Crippen LogP contribution in [-0.2, 0) is 9.47 Å². The first-order valence-corrected chi connectivity index (χ1v) is 9.66. The van der Waals surface area contributed by atoms with Crippen molar-refractivity contribution in [3.8, 4) is 0 Å². The summed E-state index contributed by atoms with van der Waals surface area (Å²) in [5.74, 6) is 0.912. The van der Waals surface area contributed by atoms with Gasteiger partial charge in [0, 0.05) is 51.0 Å². The lowest BCUT2D eigenvalue weighted by atomic mass is 9.89. The number of likely N-dealkylation sites (N-methyl/N-ethyl adjacent to an activating group) is 1. The van der Waals surface area contributed by atoms with E-state index >= 15 is 0 Å². The molecule has 2 heterocycles. The average Bonchev–Trinajstić information content (AvgIpc) is 2.65. The number of rotatable bonds is 7. The van der Waals surface area contributed by atoms with E-state index in [2.05, 4.69) is 48.4 Å². The number of guanidine groups is 1. The fourth-order valence-electron chi connectivity index (χ4n) is 3.46. The average molecular weight is 356 g/mol. The molecule has 1 atom stereocenters. The molecule has 1 unspecified atom stereocenters. The SMILES string of the molecule is CCNC(=NCC1(N(C)C)CCOCC1)NCC(C)N1CCOCC1. The van der Waals surface area contributed by atoms with Gasteiger partial charge in [0.25, 0.3) is 0 Å². The smallest absolute Gasteiger partial charge is 0.191 e. The van der Waals surface area contributed by atoms with Crippen molar-refractivity contribution in [2.24, 2.45) is 4.99 Å². The van der Waals surface area contributed by atoms with Crippen LogP contribution in [0.4, 0.5) is 0 Å². The lowest BCUT2D eigenvalue weighted by molar-refractivity contribution is -0.00256. The summed E-state index contributed by atoms with van der Waals surface area (Å²) in [6.45, 7) is 12.3. The third-order valence-electron chi connectivity index (χ3n) is 5.48. The largest absolute Gasteiger partial charge is 0.381 e. The van der Waals surface area contributed by atoms with Crippen molar-refractivity contribution >= 4 is 5.96 Å². The summed E-state index contributed by atoms with van der Waals surface area (Å²) >= 11 is 0. The highest BCUT2D eigenvalue weighted by atomic mass is 16.5. The maximum atomic E-state index is 5.55. The van der Waals surface area contributed by atoms with Crippen LogP contribution in [0.25, 0.3) is 0 Å². The highest BCUT2D eigenvalue weighted by Crippen LogP contribution is 2.26. The number of nitrogens with one attached hydrogen (secondary N) is 2. The van der Waals surface area contributed by atoms with Gasteiger partial charge >= 0.3 is 0 Å². The lowest BCUT2D eigenvalue weighted by Crippen LogP contribution is -2.52. The molecular formula is C18H37N5O2. The minimum Gasteiger partial charge on any atom is -0.381 e. The normalized spacial score (nSPS) is 23.5. The second-order valence-corrected chi connectivity index (χ2v) is 7.30. The quantitative estimate of drug-likeness (QED) is 0.508. The minimum absolute atomic E-state index is 0.108. The van der Waals surface area contributed by atoms with Gasteiger partial charge in [-0.05, 0) is 40.8 Å². The molecule has 0 aromatic rings. The van der Waals surface area contributed by atoms with Gasteiger partial charge in [-0.3, -0.25) is 9.89 Å². The molecule has 0 aliphatic carbocycles. The number of hydrogen-bond acceptors (Lipinski definition) is 5. The maximum absolute atomic E-state index is 5.55. The first kappa shape index (κ1) is 20.4. The van der Waals surface area contributed by atoms with Crippen molar-refractivity contribution in [2.45, 2.75) is 38.3 Å². The molecule has 146 valence electrons. The number of ether oxygens (including phenoxy) is 2. The van der Waals surface area contributed by atoms with E-state index < -0.39 is 0 Å². The van der Waals surface area contributed by atoms with Gasteiger partial charge in [-0.2, -0.15) is 0 Å². The van der Waals surface area contributed by atoms with Crippen LogP contribution in [0.3, 0.4) is 0 Å². The van der Waals surface area contributed by atoms with Crippen LogP contribution < -0.4 is 10.6 Å². The van der Waals surface area contributed by atoms with E-state index in [0.29, 0.717) is 6.04 Å². The third-order valence-corrected chi connectivity index (χ3v) is 5.48. The van der Waals surface area contributed by atoms with E-state index in [0.717, 1.165) is 78.0 Å². The van der Waals surface area contributed by atoms with E-state index in [9.17, 15) is 0 Å². The topological polar surface area (TPSA) is 61.4 Å². The molecule has 2 aliphatic heterocycles. The van der Waals surface area contributed by atoms with E-state index in [1.54, 1.807) is 0 Å². The molecule has 0 spiro atoms. The summed E-state index contributed by atoms with van der Waals surface area (Å²) < 4.78 is 11.0. The molecule has 2 aliphatic rings. The predicted octanol–water partition coefficient (Wildman–Crippen LogP) is 0.373. The summed E-state index contributed by atoms with van der Waals surface area (Å²) in [6.07, 6.45) is 2.07. The molecule has 7 heteroatoms. The van der Waals surface area contributed by atoms with Gasteiger partial charge in [0.2, 0.25) is 0 Å². The highest BCUT2D eigenvalue weighted by molar-refractivity contribution is 5.79. The van der Waals surface area contributed by atoms with Crippen molar-refractivity contribution < 1.29 is 9.47 Å². The summed E-state index contributed by atoms with van der Waals surface area (Å²) in [7, 11) is 4.31. The van der Waals surface area contributed by atoms with Crippen molar-refractivity contribution in [3.05, 3.63) is 0 Å². The summed E-state index contributed by atoms with van der Waals surface area (Å²) in [5, 5.41) is 6.90. The summed E-state index contributed by atoms with van der Waals surface area (Å²) in [4.78, 5) is 9.69. The Morgan fingerprint density at radius 1 is 1.12 bits per heavy atom. The van der Waals surface area contributed by atoms with Crippen LogP contribution in [0, 0.1) is 0 Å². The molecule has 2 N–H and O–H groups in total. The van der Waals surface area contributed by atoms with Gasteiger partial charge in [-0.1, -0.05) is 0 Å². The molecule has 2 rings (SSSR count). The zero-order valence-electron chi connectivity index (χ0n) is 16.5. The fraction of sp³-hybridized carbons (Fsp3) is 0.944. The van der Waals surface area contributed by atoms with Crippen LogP contribution in [0.2, 0.25) is 0 Å². The van der Waals surface area contributed by atoms with Gasteiger partial charge in [0.1, 0.15) is 0 Å². The summed E-state index contributed by atoms with van der Waals surface area (Å²) in [6, 6.07) is 0.471. The molecule has 7 nitrogen and oxygen atoms in total. The van der Waals surface area contributed by atoms with E-state index in [1.165, 1.54) is 0 Å². The van der Waals surface area contributed by atoms with Crippen LogP contribution in [0.5, 0.6) is 0 Å². The Balaban J connectivity index is 1.90. The molecule has 0 amide bonds. The predicted molar refractivity (Wildman–Crippen MR) is 102 cm³/mol. The zero-order valence-corrected chi connectivity index (χ0v) is 16.5. The van der Waals surface area contributed by atoms with Crippen LogP contribution in [0.1, 0.15) is 26.7 Å². The van der Waals surface area contributed by atoms with Crippen molar-refractivity contribution in [3.63, 3.8) is 0 Å². The Morgan fingerprint density at radius 3 is 2.36 bits per heavy atom. The molecule has 0 aromatic heterocycles. The molecule has 0 radical (unpaired) electrons. The second-order valence-electron chi connectivity index (χ2n) is 7.30. The van der Waals surface area contributed by atoms with Gasteiger partial charge in [-0.15, -0.1) is 0 Å². The standard InChI is InChI=1S/C18H37N5O2/c1-5-19-17(20-14-16(2)23-8-12-25-13-9-23)21-15-18(22(3)4)6-10-24-11-7-18/h16H,5-15H2,1-4H3,(H2,19,20,21). The highest BCUT2D eigenvalue weighted by Gasteiger charge is 2.34. The Morgan fingerprint density at radius 2 is 1.76 bits per heavy atom. The fourth-order valence-corrected chi connectivity index (χ4v) is 3.46. The molecule has 2 fully saturated rings. The lowest BCUT2D eigenvalue weighted by Gasteiger charge is -2.41. The van der Waals surface area contributed by atoms with Crippen molar-refractivity contribution in [2.75, 3.05) is 73.2 Å². The number of nitrogens with zero attached hydrogens (tertiary/aromatic N) is 3. The molecule has 2 saturated heterocycles.